The average molecular weight is 441 g/mol. The molecule has 2 heterocycles. The highest BCUT2D eigenvalue weighted by atomic mass is 19.2. The van der Waals surface area contributed by atoms with Gasteiger partial charge in [0.15, 0.2) is 17.5 Å². The molecule has 5 rings (SSSR count). The minimum absolute atomic E-state index is 0.224. The maximum atomic E-state index is 13.9. The third kappa shape index (κ3) is 4.20. The molecule has 0 amide bonds. The van der Waals surface area contributed by atoms with Gasteiger partial charge >= 0.3 is 0 Å². The molecule has 0 aliphatic carbocycles. The fourth-order valence-electron chi connectivity index (χ4n) is 3.93. The van der Waals surface area contributed by atoms with Crippen LogP contribution >= 0.6 is 0 Å². The molecule has 0 aromatic heterocycles. The van der Waals surface area contributed by atoms with Crippen molar-refractivity contribution in [2.45, 2.75) is 19.8 Å². The van der Waals surface area contributed by atoms with Crippen LogP contribution in [-0.4, -0.2) is 14.5 Å². The van der Waals surface area contributed by atoms with Crippen molar-refractivity contribution in [3.8, 4) is 17.1 Å². The molecule has 2 aliphatic heterocycles. The topological polar surface area (TPSA) is 50.7 Å². The lowest BCUT2D eigenvalue weighted by Crippen LogP contribution is -2.18. The van der Waals surface area contributed by atoms with Gasteiger partial charge in [0.05, 0.1) is 11.4 Å². The van der Waals surface area contributed by atoms with Crippen LogP contribution < -0.4 is 5.56 Å². The normalized spacial score (nSPS) is 11.2. The predicted octanol–water partition coefficient (Wildman–Crippen LogP) is 5.43. The number of aromatic nitrogens is 3. The Morgan fingerprint density at radius 3 is 2.33 bits per heavy atom. The van der Waals surface area contributed by atoms with Crippen molar-refractivity contribution in [2.75, 3.05) is 0 Å². The van der Waals surface area contributed by atoms with E-state index in [0.29, 0.717) is 35.6 Å². The van der Waals surface area contributed by atoms with Gasteiger partial charge in [0.25, 0.3) is 5.56 Å². The zero-order chi connectivity index (χ0) is 22.9. The third-order valence-electron chi connectivity index (χ3n) is 5.69. The van der Waals surface area contributed by atoms with E-state index in [1.165, 1.54) is 10.6 Å². The highest BCUT2D eigenvalue weighted by Gasteiger charge is 2.21. The molecule has 2 aliphatic rings. The van der Waals surface area contributed by atoms with E-state index in [-0.39, 0.29) is 5.56 Å². The SMILES string of the molecule is Cc1ccc(Cc2nc3c(Cc4ccccc4)[nH]c(-c4ccc(F)c(F)c4)cn-3c2=O)cc1. The van der Waals surface area contributed by atoms with Gasteiger partial charge in [-0.3, -0.25) is 9.36 Å². The van der Waals surface area contributed by atoms with Crippen molar-refractivity contribution >= 4 is 0 Å². The number of benzene rings is 3. The summed E-state index contributed by atoms with van der Waals surface area (Å²) in [5, 5.41) is 0. The van der Waals surface area contributed by atoms with Gasteiger partial charge < -0.3 is 4.98 Å². The van der Waals surface area contributed by atoms with E-state index >= 15 is 0 Å². The van der Waals surface area contributed by atoms with Gasteiger partial charge in [-0.05, 0) is 36.2 Å². The van der Waals surface area contributed by atoms with Gasteiger partial charge in [0, 0.05) is 24.6 Å². The van der Waals surface area contributed by atoms with E-state index in [4.69, 9.17) is 0 Å². The predicted molar refractivity (Wildman–Crippen MR) is 124 cm³/mol. The number of hydrogen-bond acceptors (Lipinski definition) is 2. The molecule has 4 nitrogen and oxygen atoms in total. The zero-order valence-corrected chi connectivity index (χ0v) is 18.0. The van der Waals surface area contributed by atoms with Gasteiger partial charge in [-0.2, -0.15) is 0 Å². The third-order valence-corrected chi connectivity index (χ3v) is 5.69. The van der Waals surface area contributed by atoms with Crippen LogP contribution in [0.5, 0.6) is 0 Å². The summed E-state index contributed by atoms with van der Waals surface area (Å²) >= 11 is 0. The van der Waals surface area contributed by atoms with Crippen molar-refractivity contribution in [2.24, 2.45) is 0 Å². The van der Waals surface area contributed by atoms with E-state index in [9.17, 15) is 13.6 Å². The monoisotopic (exact) mass is 441 g/mol. The Hall–Kier alpha value is -4.06. The van der Waals surface area contributed by atoms with Crippen LogP contribution in [0.2, 0.25) is 0 Å². The fraction of sp³-hybridized carbons (Fsp3) is 0.111. The summed E-state index contributed by atoms with van der Waals surface area (Å²) in [4.78, 5) is 21.2. The highest BCUT2D eigenvalue weighted by molar-refractivity contribution is 5.60. The minimum Gasteiger partial charge on any atom is -0.354 e. The summed E-state index contributed by atoms with van der Waals surface area (Å²) < 4.78 is 28.9. The molecule has 0 atom stereocenters. The Bertz CT molecular complexity index is 1450. The summed E-state index contributed by atoms with van der Waals surface area (Å²) in [7, 11) is 0. The Morgan fingerprint density at radius 1 is 0.879 bits per heavy atom. The summed E-state index contributed by atoms with van der Waals surface area (Å²) in [5.74, 6) is -1.34. The molecule has 0 saturated heterocycles. The molecule has 1 N–H and O–H groups in total. The first-order valence-corrected chi connectivity index (χ1v) is 10.7. The quantitative estimate of drug-likeness (QED) is 0.395. The first-order chi connectivity index (χ1) is 16.0. The van der Waals surface area contributed by atoms with Crippen LogP contribution in [0.4, 0.5) is 8.78 Å². The van der Waals surface area contributed by atoms with E-state index < -0.39 is 11.6 Å². The maximum absolute atomic E-state index is 13.9. The number of nitrogens with zero attached hydrogens (tertiary/aromatic N) is 2. The molecule has 3 aromatic rings. The Labute approximate surface area is 189 Å². The second-order valence-electron chi connectivity index (χ2n) is 8.16. The molecule has 3 aromatic carbocycles. The molecule has 0 saturated carbocycles. The van der Waals surface area contributed by atoms with Crippen molar-refractivity contribution in [3.05, 3.63) is 129 Å². The molecular formula is C27H21F2N3O. The molecule has 0 bridgehead atoms. The summed E-state index contributed by atoms with van der Waals surface area (Å²) in [6.45, 7) is 2.01. The number of rotatable bonds is 5. The standard InChI is InChI=1S/C27H21F2N3O/c1-17-7-9-19(10-8-17)14-24-27(33)32-16-25(20-11-12-21(28)22(29)15-20)30-23(26(32)31-24)13-18-5-3-2-4-6-18/h2-12,15-16,30H,13-14H2,1H3. The Morgan fingerprint density at radius 2 is 1.61 bits per heavy atom. The van der Waals surface area contributed by atoms with Gasteiger partial charge in [0.2, 0.25) is 0 Å². The highest BCUT2D eigenvalue weighted by Crippen LogP contribution is 2.25. The molecule has 0 fully saturated rings. The van der Waals surface area contributed by atoms with Crippen molar-refractivity contribution < 1.29 is 8.78 Å². The van der Waals surface area contributed by atoms with Crippen LogP contribution in [0.3, 0.4) is 0 Å². The molecule has 33 heavy (non-hydrogen) atoms. The molecule has 6 heteroatoms. The number of aromatic amines is 1. The number of fused-ring (bicyclic) bond motifs is 1. The second-order valence-corrected chi connectivity index (χ2v) is 8.16. The van der Waals surface area contributed by atoms with E-state index in [1.807, 2.05) is 61.5 Å². The van der Waals surface area contributed by atoms with Crippen LogP contribution in [0, 0.1) is 18.6 Å². The average Bonchev–Trinajstić information content (AvgIpc) is 3.13. The van der Waals surface area contributed by atoms with Crippen molar-refractivity contribution in [1.82, 2.24) is 14.5 Å². The Balaban J connectivity index is 1.65. The smallest absolute Gasteiger partial charge is 0.278 e. The van der Waals surface area contributed by atoms with Gasteiger partial charge in [-0.1, -0.05) is 60.2 Å². The largest absolute Gasteiger partial charge is 0.354 e. The number of aryl methyl sites for hydroxylation is 1. The fourth-order valence-corrected chi connectivity index (χ4v) is 3.93. The lowest BCUT2D eigenvalue weighted by Gasteiger charge is -2.13. The van der Waals surface area contributed by atoms with Crippen LogP contribution in [-0.2, 0) is 12.8 Å². The minimum atomic E-state index is -0.946. The van der Waals surface area contributed by atoms with Gasteiger partial charge in [-0.25, -0.2) is 13.8 Å². The second kappa shape index (κ2) is 8.47. The number of imidazole rings is 1. The summed E-state index contributed by atoms with van der Waals surface area (Å²) in [6, 6.07) is 21.5. The molecule has 0 spiro atoms. The molecule has 0 radical (unpaired) electrons. The lowest BCUT2D eigenvalue weighted by molar-refractivity contribution is 0.509. The van der Waals surface area contributed by atoms with Crippen LogP contribution in [0.1, 0.15) is 28.1 Å². The number of H-pyrrole nitrogens is 1. The van der Waals surface area contributed by atoms with E-state index in [0.717, 1.165) is 34.5 Å². The number of nitrogens with one attached hydrogen (secondary N) is 1. The van der Waals surface area contributed by atoms with Crippen LogP contribution in [0.25, 0.3) is 17.1 Å². The van der Waals surface area contributed by atoms with Gasteiger partial charge in [-0.15, -0.1) is 0 Å². The van der Waals surface area contributed by atoms with Crippen molar-refractivity contribution in [1.29, 1.82) is 0 Å². The van der Waals surface area contributed by atoms with Gasteiger partial charge in [0.1, 0.15) is 5.69 Å². The van der Waals surface area contributed by atoms with E-state index in [2.05, 4.69) is 9.97 Å². The molecule has 164 valence electrons. The molecular weight excluding hydrogens is 420 g/mol. The van der Waals surface area contributed by atoms with Crippen LogP contribution in [0.15, 0.2) is 83.8 Å². The van der Waals surface area contributed by atoms with Crippen molar-refractivity contribution in [3.63, 3.8) is 0 Å². The number of halogens is 2. The molecule has 0 unspecified atom stereocenters. The first-order valence-electron chi connectivity index (χ1n) is 10.7. The summed E-state index contributed by atoms with van der Waals surface area (Å²) in [6.07, 6.45) is 2.51. The lowest BCUT2D eigenvalue weighted by atomic mass is 10.1. The zero-order valence-electron chi connectivity index (χ0n) is 18.0. The number of hydrogen-bond donors (Lipinski definition) is 1. The first kappa shape index (κ1) is 20.8. The Kier molecular flexibility index (Phi) is 5.34. The summed E-state index contributed by atoms with van der Waals surface area (Å²) in [5.41, 5.74) is 5.05. The maximum Gasteiger partial charge on any atom is 0.278 e. The van der Waals surface area contributed by atoms with E-state index in [1.54, 1.807) is 6.20 Å².